The summed E-state index contributed by atoms with van der Waals surface area (Å²) in [5, 5.41) is 2.83. The molecule has 0 radical (unpaired) electrons. The number of benzene rings is 2. The zero-order valence-corrected chi connectivity index (χ0v) is 15.0. The molecule has 0 aliphatic rings. The SMILES string of the molecule is CCOC(=O)c1ccc(NC(=O)[C@H](C)Oc2cccc(C)c2)c(C)c1. The first-order chi connectivity index (χ1) is 11.9. The van der Waals surface area contributed by atoms with E-state index < -0.39 is 6.10 Å². The molecule has 1 amide bonds. The van der Waals surface area contributed by atoms with Crippen molar-refractivity contribution < 1.29 is 19.1 Å². The van der Waals surface area contributed by atoms with Gasteiger partial charge >= 0.3 is 5.97 Å². The Bertz CT molecular complexity index is 770. The molecule has 5 heteroatoms. The molecule has 0 bridgehead atoms. The Hall–Kier alpha value is -2.82. The zero-order valence-electron chi connectivity index (χ0n) is 15.0. The summed E-state index contributed by atoms with van der Waals surface area (Å²) in [5.41, 5.74) is 2.94. The van der Waals surface area contributed by atoms with Crippen LogP contribution in [0.5, 0.6) is 5.75 Å². The van der Waals surface area contributed by atoms with Gasteiger partial charge in [-0.05, 0) is 69.2 Å². The lowest BCUT2D eigenvalue weighted by Gasteiger charge is -2.16. The Morgan fingerprint density at radius 1 is 1.12 bits per heavy atom. The predicted octanol–water partition coefficient (Wildman–Crippen LogP) is 3.89. The van der Waals surface area contributed by atoms with Gasteiger partial charge in [0.2, 0.25) is 0 Å². The van der Waals surface area contributed by atoms with E-state index in [2.05, 4.69) is 5.32 Å². The van der Waals surface area contributed by atoms with Crippen LogP contribution in [0.3, 0.4) is 0 Å². The smallest absolute Gasteiger partial charge is 0.338 e. The summed E-state index contributed by atoms with van der Waals surface area (Å²) in [5.74, 6) is 0.0187. The maximum absolute atomic E-state index is 12.3. The van der Waals surface area contributed by atoms with Gasteiger partial charge in [0.1, 0.15) is 5.75 Å². The van der Waals surface area contributed by atoms with E-state index in [0.29, 0.717) is 23.6 Å². The number of esters is 1. The summed E-state index contributed by atoms with van der Waals surface area (Å²) in [4.78, 5) is 24.1. The van der Waals surface area contributed by atoms with Gasteiger partial charge in [0.25, 0.3) is 5.91 Å². The summed E-state index contributed by atoms with van der Waals surface area (Å²) in [6, 6.07) is 12.6. The topological polar surface area (TPSA) is 64.6 Å². The molecule has 2 aromatic rings. The standard InChI is InChI=1S/C20H23NO4/c1-5-24-20(23)16-9-10-18(14(3)12-16)21-19(22)15(4)25-17-8-6-7-13(2)11-17/h6-12,15H,5H2,1-4H3,(H,21,22)/t15-/m0/s1. The maximum Gasteiger partial charge on any atom is 0.338 e. The van der Waals surface area contributed by atoms with Crippen molar-refractivity contribution in [2.24, 2.45) is 0 Å². The van der Waals surface area contributed by atoms with Crippen molar-refractivity contribution in [2.45, 2.75) is 33.8 Å². The molecule has 2 aromatic carbocycles. The fraction of sp³-hybridized carbons (Fsp3) is 0.300. The average Bonchev–Trinajstić information content (AvgIpc) is 2.56. The van der Waals surface area contributed by atoms with Crippen molar-refractivity contribution in [1.82, 2.24) is 0 Å². The predicted molar refractivity (Wildman–Crippen MR) is 97.0 cm³/mol. The summed E-state index contributed by atoms with van der Waals surface area (Å²) >= 11 is 0. The summed E-state index contributed by atoms with van der Waals surface area (Å²) < 4.78 is 10.6. The van der Waals surface area contributed by atoms with Crippen LogP contribution in [0.2, 0.25) is 0 Å². The molecule has 5 nitrogen and oxygen atoms in total. The van der Waals surface area contributed by atoms with Crippen LogP contribution in [0.1, 0.15) is 35.3 Å². The maximum atomic E-state index is 12.3. The van der Waals surface area contributed by atoms with E-state index in [1.807, 2.05) is 38.1 Å². The number of carbonyl (C=O) groups is 2. The molecule has 1 N–H and O–H groups in total. The van der Waals surface area contributed by atoms with Crippen molar-refractivity contribution in [3.8, 4) is 5.75 Å². The highest BCUT2D eigenvalue weighted by Crippen LogP contribution is 2.19. The fourth-order valence-electron chi connectivity index (χ4n) is 2.33. The quantitative estimate of drug-likeness (QED) is 0.810. The second kappa shape index (κ2) is 8.33. The van der Waals surface area contributed by atoms with Crippen LogP contribution in [-0.4, -0.2) is 24.6 Å². The minimum Gasteiger partial charge on any atom is -0.481 e. The van der Waals surface area contributed by atoms with Crippen LogP contribution in [-0.2, 0) is 9.53 Å². The number of nitrogens with one attached hydrogen (secondary N) is 1. The molecule has 1 atom stereocenters. The first-order valence-electron chi connectivity index (χ1n) is 8.22. The van der Waals surface area contributed by atoms with Gasteiger partial charge in [-0.3, -0.25) is 4.79 Å². The van der Waals surface area contributed by atoms with Gasteiger partial charge in [0.15, 0.2) is 6.10 Å². The third-order valence-electron chi connectivity index (χ3n) is 3.67. The number of aryl methyl sites for hydroxylation is 2. The minimum atomic E-state index is -0.647. The van der Waals surface area contributed by atoms with Crippen LogP contribution < -0.4 is 10.1 Å². The number of hydrogen-bond acceptors (Lipinski definition) is 4. The van der Waals surface area contributed by atoms with Crippen LogP contribution in [0.15, 0.2) is 42.5 Å². The van der Waals surface area contributed by atoms with Crippen LogP contribution in [0.25, 0.3) is 0 Å². The molecular formula is C20H23NO4. The molecule has 0 unspecified atom stereocenters. The zero-order chi connectivity index (χ0) is 18.4. The molecule has 25 heavy (non-hydrogen) atoms. The van der Waals surface area contributed by atoms with Gasteiger partial charge in [-0.2, -0.15) is 0 Å². The lowest BCUT2D eigenvalue weighted by atomic mass is 10.1. The minimum absolute atomic E-state index is 0.256. The molecule has 0 aliphatic carbocycles. The Balaban J connectivity index is 2.03. The number of rotatable bonds is 6. The Labute approximate surface area is 148 Å². The molecule has 0 aromatic heterocycles. The molecule has 0 aliphatic heterocycles. The third-order valence-corrected chi connectivity index (χ3v) is 3.67. The molecule has 0 saturated carbocycles. The van der Waals surface area contributed by atoms with E-state index in [1.54, 1.807) is 32.0 Å². The first-order valence-corrected chi connectivity index (χ1v) is 8.22. The van der Waals surface area contributed by atoms with Gasteiger partial charge in [-0.1, -0.05) is 12.1 Å². The normalized spacial score (nSPS) is 11.5. The lowest BCUT2D eigenvalue weighted by molar-refractivity contribution is -0.122. The summed E-state index contributed by atoms with van der Waals surface area (Å²) in [7, 11) is 0. The number of ether oxygens (including phenoxy) is 2. The van der Waals surface area contributed by atoms with E-state index in [0.717, 1.165) is 11.1 Å². The lowest BCUT2D eigenvalue weighted by Crippen LogP contribution is -2.30. The van der Waals surface area contributed by atoms with Crippen molar-refractivity contribution in [1.29, 1.82) is 0 Å². The Kier molecular flexibility index (Phi) is 6.17. The monoisotopic (exact) mass is 341 g/mol. The van der Waals surface area contributed by atoms with Gasteiger partial charge in [-0.15, -0.1) is 0 Å². The second-order valence-electron chi connectivity index (χ2n) is 5.82. The molecule has 0 spiro atoms. The number of amides is 1. The number of hydrogen-bond donors (Lipinski definition) is 1. The van der Waals surface area contributed by atoms with E-state index in [-0.39, 0.29) is 11.9 Å². The highest BCUT2D eigenvalue weighted by molar-refractivity contribution is 5.96. The van der Waals surface area contributed by atoms with Crippen molar-refractivity contribution >= 4 is 17.6 Å². The Morgan fingerprint density at radius 2 is 1.88 bits per heavy atom. The molecule has 2 rings (SSSR count). The Morgan fingerprint density at radius 3 is 2.52 bits per heavy atom. The van der Waals surface area contributed by atoms with Crippen molar-refractivity contribution in [2.75, 3.05) is 11.9 Å². The van der Waals surface area contributed by atoms with Crippen molar-refractivity contribution in [3.63, 3.8) is 0 Å². The molecule has 0 fully saturated rings. The van der Waals surface area contributed by atoms with E-state index in [4.69, 9.17) is 9.47 Å². The largest absolute Gasteiger partial charge is 0.481 e. The highest BCUT2D eigenvalue weighted by Gasteiger charge is 2.16. The van der Waals surface area contributed by atoms with E-state index >= 15 is 0 Å². The van der Waals surface area contributed by atoms with Gasteiger partial charge in [-0.25, -0.2) is 4.79 Å². The van der Waals surface area contributed by atoms with E-state index in [1.165, 1.54) is 0 Å². The molecule has 0 heterocycles. The summed E-state index contributed by atoms with van der Waals surface area (Å²) in [6.45, 7) is 7.57. The second-order valence-corrected chi connectivity index (χ2v) is 5.82. The van der Waals surface area contributed by atoms with Crippen LogP contribution in [0, 0.1) is 13.8 Å². The summed E-state index contributed by atoms with van der Waals surface area (Å²) in [6.07, 6.45) is -0.647. The van der Waals surface area contributed by atoms with E-state index in [9.17, 15) is 9.59 Å². The molecule has 132 valence electrons. The number of anilines is 1. The van der Waals surface area contributed by atoms with Gasteiger partial charge in [0.05, 0.1) is 12.2 Å². The first kappa shape index (κ1) is 18.5. The van der Waals surface area contributed by atoms with Gasteiger partial charge in [0, 0.05) is 5.69 Å². The van der Waals surface area contributed by atoms with Crippen molar-refractivity contribution in [3.05, 3.63) is 59.2 Å². The third kappa shape index (κ3) is 5.08. The fourth-order valence-corrected chi connectivity index (χ4v) is 2.33. The average molecular weight is 341 g/mol. The number of carbonyl (C=O) groups excluding carboxylic acids is 2. The van der Waals surface area contributed by atoms with Gasteiger partial charge < -0.3 is 14.8 Å². The highest BCUT2D eigenvalue weighted by atomic mass is 16.5. The van der Waals surface area contributed by atoms with Crippen LogP contribution >= 0.6 is 0 Å². The van der Waals surface area contributed by atoms with Crippen LogP contribution in [0.4, 0.5) is 5.69 Å². The molecular weight excluding hydrogens is 318 g/mol. The molecule has 0 saturated heterocycles.